The predicted molar refractivity (Wildman–Crippen MR) is 116 cm³/mol. The molecular formula is C23H30N4O3. The number of anilines is 1. The highest BCUT2D eigenvalue weighted by atomic mass is 16.2. The molecule has 3 rings (SSSR count). The summed E-state index contributed by atoms with van der Waals surface area (Å²) in [7, 11) is 0. The number of aryl methyl sites for hydroxylation is 1. The van der Waals surface area contributed by atoms with Crippen LogP contribution in [-0.4, -0.2) is 46.7 Å². The molecule has 2 aromatic rings. The summed E-state index contributed by atoms with van der Waals surface area (Å²) in [5, 5.41) is 5.74. The highest BCUT2D eigenvalue weighted by molar-refractivity contribution is 5.95. The molecule has 7 nitrogen and oxygen atoms in total. The van der Waals surface area contributed by atoms with Gasteiger partial charge >= 0.3 is 0 Å². The fourth-order valence-corrected chi connectivity index (χ4v) is 4.00. The first-order valence-electron chi connectivity index (χ1n) is 10.4. The molecule has 1 aliphatic heterocycles. The highest BCUT2D eigenvalue weighted by Gasteiger charge is 2.30. The Kier molecular flexibility index (Phi) is 6.92. The Morgan fingerprint density at radius 1 is 1.23 bits per heavy atom. The number of amides is 3. The first kappa shape index (κ1) is 21.6. The Labute approximate surface area is 177 Å². The Balaban J connectivity index is 1.64. The zero-order chi connectivity index (χ0) is 21.7. The van der Waals surface area contributed by atoms with Crippen molar-refractivity contribution in [2.75, 3.05) is 18.4 Å². The van der Waals surface area contributed by atoms with Gasteiger partial charge in [0.1, 0.15) is 0 Å². The summed E-state index contributed by atoms with van der Waals surface area (Å²) in [6.07, 6.45) is 5.58. The number of aromatic amines is 1. The van der Waals surface area contributed by atoms with Crippen LogP contribution in [-0.2, 0) is 16.0 Å². The van der Waals surface area contributed by atoms with Crippen LogP contribution in [0.25, 0.3) is 0 Å². The number of hydrogen-bond donors (Lipinski definition) is 3. The van der Waals surface area contributed by atoms with Crippen LogP contribution in [0.15, 0.2) is 36.7 Å². The van der Waals surface area contributed by atoms with Crippen LogP contribution >= 0.6 is 0 Å². The second kappa shape index (κ2) is 9.61. The molecule has 0 aliphatic carbocycles. The standard InChI is InChI=1S/C23H30N4O3/c1-15-7-8-27(20(9-15)13-25-23(30)21-14-24-12-16(21)2)22(29)11-18-5-4-6-19(10-18)26-17(3)28/h4-6,10,12,14-15,20,24H,7-9,11,13H2,1-3H3,(H,25,30)(H,26,28)/t15-,20+/m1/s1. The van der Waals surface area contributed by atoms with E-state index in [4.69, 9.17) is 0 Å². The highest BCUT2D eigenvalue weighted by Crippen LogP contribution is 2.23. The lowest BCUT2D eigenvalue weighted by Gasteiger charge is -2.38. The molecule has 2 heterocycles. The minimum Gasteiger partial charge on any atom is -0.367 e. The summed E-state index contributed by atoms with van der Waals surface area (Å²) in [5.41, 5.74) is 3.07. The minimum absolute atomic E-state index is 0.0250. The number of hydrogen-bond acceptors (Lipinski definition) is 3. The second-order valence-electron chi connectivity index (χ2n) is 8.19. The molecule has 30 heavy (non-hydrogen) atoms. The summed E-state index contributed by atoms with van der Waals surface area (Å²) >= 11 is 0. The van der Waals surface area contributed by atoms with E-state index >= 15 is 0 Å². The molecule has 0 spiro atoms. The Bertz CT molecular complexity index is 921. The van der Waals surface area contributed by atoms with Crippen molar-refractivity contribution in [1.29, 1.82) is 0 Å². The zero-order valence-corrected chi connectivity index (χ0v) is 17.8. The van der Waals surface area contributed by atoms with E-state index in [-0.39, 0.29) is 30.2 Å². The molecular weight excluding hydrogens is 380 g/mol. The third-order valence-electron chi connectivity index (χ3n) is 5.60. The molecule has 1 fully saturated rings. The van der Waals surface area contributed by atoms with Crippen molar-refractivity contribution < 1.29 is 14.4 Å². The van der Waals surface area contributed by atoms with E-state index in [1.165, 1.54) is 6.92 Å². The van der Waals surface area contributed by atoms with Crippen molar-refractivity contribution in [1.82, 2.24) is 15.2 Å². The van der Waals surface area contributed by atoms with Crippen LogP contribution in [0.4, 0.5) is 5.69 Å². The molecule has 3 N–H and O–H groups in total. The number of carbonyl (C=O) groups excluding carboxylic acids is 3. The SMILES string of the molecule is CC(=O)Nc1cccc(CC(=O)N2CC[C@@H](C)C[C@H]2CNC(=O)c2c[nH]cc2C)c1. The van der Waals surface area contributed by atoms with Gasteiger partial charge in [-0.1, -0.05) is 19.1 Å². The smallest absolute Gasteiger partial charge is 0.253 e. The maximum atomic E-state index is 13.1. The molecule has 0 radical (unpaired) electrons. The molecule has 3 amide bonds. The summed E-state index contributed by atoms with van der Waals surface area (Å²) in [5.74, 6) is 0.284. The molecule has 1 aromatic carbocycles. The van der Waals surface area contributed by atoms with Crippen molar-refractivity contribution in [3.8, 4) is 0 Å². The molecule has 0 unspecified atom stereocenters. The van der Waals surface area contributed by atoms with Gasteiger partial charge in [-0.15, -0.1) is 0 Å². The topological polar surface area (TPSA) is 94.3 Å². The Hall–Kier alpha value is -3.09. The van der Waals surface area contributed by atoms with E-state index < -0.39 is 0 Å². The van der Waals surface area contributed by atoms with E-state index in [0.29, 0.717) is 30.3 Å². The third-order valence-corrected chi connectivity index (χ3v) is 5.60. The van der Waals surface area contributed by atoms with Gasteiger partial charge in [-0.2, -0.15) is 0 Å². The fourth-order valence-electron chi connectivity index (χ4n) is 4.00. The van der Waals surface area contributed by atoms with Gasteiger partial charge in [-0.25, -0.2) is 0 Å². The number of carbonyl (C=O) groups is 3. The normalized spacial score (nSPS) is 18.7. The second-order valence-corrected chi connectivity index (χ2v) is 8.19. The number of rotatable bonds is 6. The number of likely N-dealkylation sites (tertiary alicyclic amines) is 1. The van der Waals surface area contributed by atoms with E-state index in [9.17, 15) is 14.4 Å². The third kappa shape index (κ3) is 5.49. The van der Waals surface area contributed by atoms with Gasteiger partial charge in [0.25, 0.3) is 5.91 Å². The van der Waals surface area contributed by atoms with Gasteiger partial charge in [-0.3, -0.25) is 14.4 Å². The summed E-state index contributed by atoms with van der Waals surface area (Å²) in [6, 6.07) is 7.34. The molecule has 1 aromatic heterocycles. The lowest BCUT2D eigenvalue weighted by molar-refractivity contribution is -0.134. The molecule has 160 valence electrons. The monoisotopic (exact) mass is 410 g/mol. The first-order chi connectivity index (χ1) is 14.3. The van der Waals surface area contributed by atoms with E-state index in [2.05, 4.69) is 22.5 Å². The van der Waals surface area contributed by atoms with E-state index in [1.54, 1.807) is 18.5 Å². The average molecular weight is 411 g/mol. The van der Waals surface area contributed by atoms with Crippen molar-refractivity contribution in [3.05, 3.63) is 53.3 Å². The maximum Gasteiger partial charge on any atom is 0.253 e. The van der Waals surface area contributed by atoms with Gasteiger partial charge < -0.3 is 20.5 Å². The Morgan fingerprint density at radius 3 is 2.73 bits per heavy atom. The molecule has 1 aliphatic rings. The maximum absolute atomic E-state index is 13.1. The minimum atomic E-state index is -0.142. The average Bonchev–Trinajstić information content (AvgIpc) is 3.12. The van der Waals surface area contributed by atoms with Crippen molar-refractivity contribution in [2.45, 2.75) is 46.1 Å². The number of nitrogens with one attached hydrogen (secondary N) is 3. The number of benzene rings is 1. The van der Waals surface area contributed by atoms with Crippen LogP contribution in [0.2, 0.25) is 0 Å². The van der Waals surface area contributed by atoms with Crippen LogP contribution in [0.1, 0.15) is 48.2 Å². The molecule has 0 saturated carbocycles. The number of H-pyrrole nitrogens is 1. The van der Waals surface area contributed by atoms with Gasteiger partial charge in [0, 0.05) is 44.1 Å². The summed E-state index contributed by atoms with van der Waals surface area (Å²) < 4.78 is 0. The van der Waals surface area contributed by atoms with Crippen molar-refractivity contribution in [2.24, 2.45) is 5.92 Å². The van der Waals surface area contributed by atoms with Gasteiger partial charge in [0.05, 0.1) is 12.0 Å². The number of aromatic nitrogens is 1. The lowest BCUT2D eigenvalue weighted by Crippen LogP contribution is -2.51. The van der Waals surface area contributed by atoms with Gasteiger partial charge in [0.2, 0.25) is 11.8 Å². The largest absolute Gasteiger partial charge is 0.367 e. The molecule has 2 atom stereocenters. The van der Waals surface area contributed by atoms with Crippen LogP contribution in [0, 0.1) is 12.8 Å². The summed E-state index contributed by atoms with van der Waals surface area (Å²) in [4.78, 5) is 41.7. The first-order valence-corrected chi connectivity index (χ1v) is 10.4. The Morgan fingerprint density at radius 2 is 2.03 bits per heavy atom. The van der Waals surface area contributed by atoms with Crippen LogP contribution < -0.4 is 10.6 Å². The number of piperidine rings is 1. The van der Waals surface area contributed by atoms with Crippen LogP contribution in [0.3, 0.4) is 0 Å². The van der Waals surface area contributed by atoms with E-state index in [1.807, 2.05) is 30.0 Å². The molecule has 7 heteroatoms. The quantitative estimate of drug-likeness (QED) is 0.683. The van der Waals surface area contributed by atoms with Gasteiger partial charge in [-0.05, 0) is 48.9 Å². The summed E-state index contributed by atoms with van der Waals surface area (Å²) in [6.45, 7) is 6.66. The fraction of sp³-hybridized carbons (Fsp3) is 0.435. The molecule has 1 saturated heterocycles. The lowest BCUT2D eigenvalue weighted by atomic mass is 9.91. The van der Waals surface area contributed by atoms with E-state index in [0.717, 1.165) is 24.0 Å². The van der Waals surface area contributed by atoms with Crippen molar-refractivity contribution in [3.63, 3.8) is 0 Å². The molecule has 0 bridgehead atoms. The zero-order valence-electron chi connectivity index (χ0n) is 17.8. The number of nitrogens with zero attached hydrogens (tertiary/aromatic N) is 1. The predicted octanol–water partition coefficient (Wildman–Crippen LogP) is 2.88. The van der Waals surface area contributed by atoms with Crippen LogP contribution in [0.5, 0.6) is 0 Å². The van der Waals surface area contributed by atoms with Gasteiger partial charge in [0.15, 0.2) is 0 Å². The van der Waals surface area contributed by atoms with Crippen molar-refractivity contribution >= 4 is 23.4 Å².